The van der Waals surface area contributed by atoms with Crippen LogP contribution in [0.25, 0.3) is 11.1 Å². The average Bonchev–Trinajstić information content (AvgIpc) is 3.17. The first-order chi connectivity index (χ1) is 17.7. The van der Waals surface area contributed by atoms with E-state index >= 15 is 0 Å². The molecule has 0 bridgehead atoms. The SMILES string of the molecule is CN(C(=O)OCC1c2ccccc2-c2ccccc21)[C@@H](CC(=O)O)C(=O)N1CC(F)(F)C(F)(F)C(F)(F)C1. The average molecular weight is 544 g/mol. The molecule has 2 aliphatic rings. The number of hydrogen-bond donors (Lipinski definition) is 1. The minimum Gasteiger partial charge on any atom is -0.481 e. The number of likely N-dealkylation sites (tertiary alicyclic amines) is 1. The molecule has 0 aromatic heterocycles. The van der Waals surface area contributed by atoms with Crippen LogP contribution in [0.5, 0.6) is 0 Å². The Bertz CT molecular complexity index is 1200. The van der Waals surface area contributed by atoms with Crippen LogP contribution in [0.3, 0.4) is 0 Å². The molecule has 0 spiro atoms. The van der Waals surface area contributed by atoms with Crippen molar-refractivity contribution in [2.75, 3.05) is 26.7 Å². The standard InChI is InChI=1S/C25H22F6N2O5/c1-32(19(10-20(34)35)21(36)33-12-23(26,27)25(30,31)24(28,29)13-33)22(37)38-11-18-16-8-4-2-6-14(16)15-7-3-5-9-17(15)18/h2-9,18-19H,10-13H2,1H3,(H,34,35)/t19-/m0/s1. The van der Waals surface area contributed by atoms with E-state index in [-0.39, 0.29) is 11.5 Å². The number of halogens is 6. The Morgan fingerprint density at radius 3 is 1.89 bits per heavy atom. The third-order valence-corrected chi connectivity index (χ3v) is 6.75. The van der Waals surface area contributed by atoms with Gasteiger partial charge in [-0.1, -0.05) is 48.5 Å². The van der Waals surface area contributed by atoms with Crippen LogP contribution in [-0.2, 0) is 14.3 Å². The third-order valence-electron chi connectivity index (χ3n) is 6.75. The van der Waals surface area contributed by atoms with Gasteiger partial charge in [0.15, 0.2) is 0 Å². The number of benzene rings is 2. The van der Waals surface area contributed by atoms with Gasteiger partial charge in [0.25, 0.3) is 0 Å². The van der Waals surface area contributed by atoms with E-state index in [4.69, 9.17) is 4.74 Å². The zero-order valence-corrected chi connectivity index (χ0v) is 19.8. The number of carbonyl (C=O) groups excluding carboxylic acids is 2. The number of carboxylic acid groups (broad SMARTS) is 1. The molecule has 1 atom stereocenters. The number of aliphatic carboxylic acids is 1. The number of carbonyl (C=O) groups is 3. The van der Waals surface area contributed by atoms with Crippen molar-refractivity contribution in [1.82, 2.24) is 9.80 Å². The van der Waals surface area contributed by atoms with Crippen LogP contribution < -0.4 is 0 Å². The second-order valence-corrected chi connectivity index (χ2v) is 9.21. The molecule has 1 saturated heterocycles. The monoisotopic (exact) mass is 544 g/mol. The van der Waals surface area contributed by atoms with Crippen LogP contribution in [0.1, 0.15) is 23.5 Å². The van der Waals surface area contributed by atoms with Crippen LogP contribution in [0.4, 0.5) is 31.1 Å². The topological polar surface area (TPSA) is 87.1 Å². The van der Waals surface area contributed by atoms with Gasteiger partial charge in [-0.15, -0.1) is 0 Å². The number of fused-ring (bicyclic) bond motifs is 3. The fourth-order valence-electron chi connectivity index (χ4n) is 4.75. The summed E-state index contributed by atoms with van der Waals surface area (Å²) < 4.78 is 87.9. The van der Waals surface area contributed by atoms with E-state index in [9.17, 15) is 45.8 Å². The lowest BCUT2D eigenvalue weighted by molar-refractivity contribution is -0.335. The van der Waals surface area contributed by atoms with Gasteiger partial charge < -0.3 is 14.7 Å². The van der Waals surface area contributed by atoms with Gasteiger partial charge in [0.2, 0.25) is 5.91 Å². The Labute approximate surface area is 212 Å². The lowest BCUT2D eigenvalue weighted by atomic mass is 9.97. The predicted molar refractivity (Wildman–Crippen MR) is 120 cm³/mol. The van der Waals surface area contributed by atoms with E-state index in [1.165, 1.54) is 0 Å². The summed E-state index contributed by atoms with van der Waals surface area (Å²) in [4.78, 5) is 37.3. The van der Waals surface area contributed by atoms with Gasteiger partial charge in [-0.3, -0.25) is 14.5 Å². The number of likely N-dealkylation sites (N-methyl/N-ethyl adjacent to an activating group) is 1. The van der Waals surface area contributed by atoms with Crippen LogP contribution in [0.15, 0.2) is 48.5 Å². The molecule has 2 amide bonds. The quantitative estimate of drug-likeness (QED) is 0.543. The first-order valence-electron chi connectivity index (χ1n) is 11.4. The number of piperidine rings is 1. The summed E-state index contributed by atoms with van der Waals surface area (Å²) in [5.74, 6) is -20.0. The summed E-state index contributed by atoms with van der Waals surface area (Å²) in [7, 11) is 0.930. The number of alkyl halides is 6. The van der Waals surface area contributed by atoms with Gasteiger partial charge in [-0.05, 0) is 22.3 Å². The molecule has 1 aliphatic heterocycles. The number of carboxylic acids is 1. The molecule has 0 radical (unpaired) electrons. The maximum atomic E-state index is 13.9. The summed E-state index contributed by atoms with van der Waals surface area (Å²) in [6.07, 6.45) is -2.39. The van der Waals surface area contributed by atoms with Gasteiger partial charge >= 0.3 is 29.8 Å². The molecule has 0 saturated carbocycles. The zero-order valence-electron chi connectivity index (χ0n) is 19.8. The number of rotatable bonds is 6. The highest BCUT2D eigenvalue weighted by molar-refractivity contribution is 5.89. The molecular weight excluding hydrogens is 522 g/mol. The lowest BCUT2D eigenvalue weighted by Crippen LogP contribution is -2.69. The maximum Gasteiger partial charge on any atom is 0.410 e. The largest absolute Gasteiger partial charge is 0.481 e. The molecule has 4 rings (SSSR count). The van der Waals surface area contributed by atoms with Crippen molar-refractivity contribution in [3.05, 3.63) is 59.7 Å². The summed E-state index contributed by atoms with van der Waals surface area (Å²) in [6, 6.07) is 12.6. The van der Waals surface area contributed by atoms with Crippen LogP contribution >= 0.6 is 0 Å². The Hall–Kier alpha value is -3.77. The third kappa shape index (κ3) is 4.54. The lowest BCUT2D eigenvalue weighted by Gasteiger charge is -2.44. The predicted octanol–water partition coefficient (Wildman–Crippen LogP) is 4.46. The van der Waals surface area contributed by atoms with Crippen LogP contribution in [-0.4, -0.2) is 83.4 Å². The van der Waals surface area contributed by atoms with E-state index in [0.29, 0.717) is 4.90 Å². The number of ether oxygens (including phenoxy) is 1. The summed E-state index contributed by atoms with van der Waals surface area (Å²) in [5, 5.41) is 9.21. The smallest absolute Gasteiger partial charge is 0.410 e. The van der Waals surface area contributed by atoms with E-state index in [2.05, 4.69) is 0 Å². The van der Waals surface area contributed by atoms with Crippen LogP contribution in [0.2, 0.25) is 0 Å². The molecule has 1 fully saturated rings. The molecule has 0 unspecified atom stereocenters. The van der Waals surface area contributed by atoms with Crippen molar-refractivity contribution >= 4 is 18.0 Å². The molecule has 7 nitrogen and oxygen atoms in total. The van der Waals surface area contributed by atoms with E-state index in [0.717, 1.165) is 29.3 Å². The zero-order chi connectivity index (χ0) is 28.0. The fourth-order valence-corrected chi connectivity index (χ4v) is 4.75. The van der Waals surface area contributed by atoms with Gasteiger partial charge in [0.1, 0.15) is 12.6 Å². The maximum absolute atomic E-state index is 13.9. The normalized spacial score (nSPS) is 19.7. The first kappa shape index (κ1) is 27.3. The van der Waals surface area contributed by atoms with Crippen molar-refractivity contribution in [2.45, 2.75) is 36.1 Å². The van der Waals surface area contributed by atoms with Crippen molar-refractivity contribution < 1.29 is 50.6 Å². The molecule has 1 N–H and O–H groups in total. The van der Waals surface area contributed by atoms with Gasteiger partial charge in [0.05, 0.1) is 19.5 Å². The Balaban J connectivity index is 1.52. The van der Waals surface area contributed by atoms with Gasteiger partial charge in [0, 0.05) is 13.0 Å². The summed E-state index contributed by atoms with van der Waals surface area (Å²) >= 11 is 0. The van der Waals surface area contributed by atoms with Crippen molar-refractivity contribution in [1.29, 1.82) is 0 Å². The van der Waals surface area contributed by atoms with E-state index < -0.39 is 67.2 Å². The number of amides is 2. The number of nitrogens with zero attached hydrogens (tertiary/aromatic N) is 2. The van der Waals surface area contributed by atoms with Gasteiger partial charge in [-0.2, -0.15) is 26.3 Å². The minimum atomic E-state index is -5.72. The molecular formula is C25H22F6N2O5. The Kier molecular flexibility index (Phi) is 6.83. The number of hydrogen-bond acceptors (Lipinski definition) is 4. The Morgan fingerprint density at radius 1 is 0.947 bits per heavy atom. The molecule has 2 aromatic rings. The van der Waals surface area contributed by atoms with Crippen LogP contribution in [0, 0.1) is 0 Å². The second-order valence-electron chi connectivity index (χ2n) is 9.21. The van der Waals surface area contributed by atoms with Gasteiger partial charge in [-0.25, -0.2) is 4.79 Å². The molecule has 1 aliphatic carbocycles. The highest BCUT2D eigenvalue weighted by atomic mass is 19.3. The summed E-state index contributed by atoms with van der Waals surface area (Å²) in [6.45, 7) is -4.40. The molecule has 1 heterocycles. The molecule has 38 heavy (non-hydrogen) atoms. The summed E-state index contributed by atoms with van der Waals surface area (Å²) in [5.41, 5.74) is 3.53. The molecule has 13 heteroatoms. The van der Waals surface area contributed by atoms with Crippen molar-refractivity contribution in [2.24, 2.45) is 0 Å². The molecule has 204 valence electrons. The Morgan fingerprint density at radius 2 is 1.42 bits per heavy atom. The highest BCUT2D eigenvalue weighted by Gasteiger charge is 2.75. The van der Waals surface area contributed by atoms with E-state index in [1.807, 2.05) is 36.4 Å². The van der Waals surface area contributed by atoms with Crippen molar-refractivity contribution in [3.63, 3.8) is 0 Å². The minimum absolute atomic E-state index is 0.239. The van der Waals surface area contributed by atoms with E-state index in [1.54, 1.807) is 12.1 Å². The fraction of sp³-hybridized carbons (Fsp3) is 0.400. The van der Waals surface area contributed by atoms with Crippen molar-refractivity contribution in [3.8, 4) is 11.1 Å². The highest BCUT2D eigenvalue weighted by Crippen LogP contribution is 2.49. The first-order valence-corrected chi connectivity index (χ1v) is 11.4. The molecule has 2 aromatic carbocycles. The second kappa shape index (κ2) is 9.52.